The smallest absolute Gasteiger partial charge is 0.300 e. The van der Waals surface area contributed by atoms with Crippen LogP contribution in [0.5, 0.6) is 11.5 Å². The molecule has 2 aromatic carbocycles. The Labute approximate surface area is 200 Å². The molecule has 0 saturated carbocycles. The first-order chi connectivity index (χ1) is 16.8. The van der Waals surface area contributed by atoms with E-state index in [0.717, 1.165) is 0 Å². The van der Waals surface area contributed by atoms with Gasteiger partial charge in [-0.3, -0.25) is 19.5 Å². The molecule has 178 valence electrons. The van der Waals surface area contributed by atoms with E-state index in [9.17, 15) is 23.1 Å². The molecule has 11 heteroatoms. The average molecular weight is 493 g/mol. The third-order valence-corrected chi connectivity index (χ3v) is 6.65. The molecular weight excluding hydrogens is 474 g/mol. The number of anilines is 1. The Kier molecular flexibility index (Phi) is 5.50. The fourth-order valence-corrected chi connectivity index (χ4v) is 4.62. The summed E-state index contributed by atoms with van der Waals surface area (Å²) in [5.41, 5.74) is 0.917. The van der Waals surface area contributed by atoms with Crippen molar-refractivity contribution in [2.75, 3.05) is 18.1 Å². The van der Waals surface area contributed by atoms with Crippen LogP contribution in [0.1, 0.15) is 17.2 Å². The molecule has 1 unspecified atom stereocenters. The van der Waals surface area contributed by atoms with E-state index in [2.05, 4.69) is 4.98 Å². The second-order valence-corrected chi connectivity index (χ2v) is 9.41. The number of hydrogen-bond donors (Lipinski definition) is 2. The van der Waals surface area contributed by atoms with Crippen LogP contribution in [0.2, 0.25) is 0 Å². The number of carbonyl (C=O) groups is 2. The minimum absolute atomic E-state index is 0.131. The van der Waals surface area contributed by atoms with E-state index in [4.69, 9.17) is 14.6 Å². The molecular formula is C24H19N3O7S. The van der Waals surface area contributed by atoms with Crippen molar-refractivity contribution in [2.24, 2.45) is 5.14 Å². The molecule has 0 bridgehead atoms. The molecule has 0 radical (unpaired) electrons. The molecule has 1 amide bonds. The Hall–Kier alpha value is -4.22. The first-order valence-electron chi connectivity index (χ1n) is 10.5. The van der Waals surface area contributed by atoms with Gasteiger partial charge in [0.1, 0.15) is 19.0 Å². The number of amides is 1. The highest BCUT2D eigenvalue weighted by molar-refractivity contribution is 7.89. The van der Waals surface area contributed by atoms with Crippen molar-refractivity contribution in [1.29, 1.82) is 0 Å². The number of aromatic nitrogens is 1. The van der Waals surface area contributed by atoms with Gasteiger partial charge in [0.25, 0.3) is 11.7 Å². The fraction of sp³-hybridized carbons (Fsp3) is 0.125. The van der Waals surface area contributed by atoms with E-state index in [-0.39, 0.29) is 27.5 Å². The topological polar surface area (TPSA) is 149 Å². The van der Waals surface area contributed by atoms with E-state index in [0.29, 0.717) is 30.3 Å². The van der Waals surface area contributed by atoms with Crippen molar-refractivity contribution >= 4 is 33.2 Å². The van der Waals surface area contributed by atoms with Crippen LogP contribution in [0.3, 0.4) is 0 Å². The van der Waals surface area contributed by atoms with Crippen molar-refractivity contribution in [3.05, 3.63) is 83.7 Å². The number of nitrogens with two attached hydrogens (primary N) is 1. The van der Waals surface area contributed by atoms with Crippen molar-refractivity contribution in [3.8, 4) is 11.5 Å². The van der Waals surface area contributed by atoms with Crippen LogP contribution in [0.25, 0.3) is 5.76 Å². The summed E-state index contributed by atoms with van der Waals surface area (Å²) in [6.45, 7) is 0.739. The Morgan fingerprint density at radius 1 is 0.971 bits per heavy atom. The number of ether oxygens (including phenoxy) is 2. The van der Waals surface area contributed by atoms with Gasteiger partial charge >= 0.3 is 0 Å². The normalized spacial score (nSPS) is 19.1. The van der Waals surface area contributed by atoms with Crippen LogP contribution in [-0.4, -0.2) is 43.4 Å². The molecule has 35 heavy (non-hydrogen) atoms. The second kappa shape index (κ2) is 8.53. The maximum absolute atomic E-state index is 13.2. The number of rotatable bonds is 4. The molecule has 10 nitrogen and oxygen atoms in total. The number of aliphatic hydroxyl groups is 1. The largest absolute Gasteiger partial charge is 0.507 e. The molecule has 5 rings (SSSR count). The molecule has 3 heterocycles. The number of sulfonamides is 1. The predicted molar refractivity (Wildman–Crippen MR) is 124 cm³/mol. The van der Waals surface area contributed by atoms with Crippen LogP contribution >= 0.6 is 0 Å². The molecule has 2 aliphatic heterocycles. The lowest BCUT2D eigenvalue weighted by molar-refractivity contribution is -0.132. The maximum atomic E-state index is 13.2. The molecule has 0 spiro atoms. The summed E-state index contributed by atoms with van der Waals surface area (Å²) in [7, 11) is -3.95. The van der Waals surface area contributed by atoms with Crippen LogP contribution < -0.4 is 19.5 Å². The number of hydrogen-bond acceptors (Lipinski definition) is 8. The van der Waals surface area contributed by atoms with Gasteiger partial charge in [0.2, 0.25) is 10.0 Å². The van der Waals surface area contributed by atoms with Crippen LogP contribution in [0, 0.1) is 0 Å². The lowest BCUT2D eigenvalue weighted by Gasteiger charge is -2.25. The van der Waals surface area contributed by atoms with Crippen LogP contribution in [0.15, 0.2) is 77.5 Å². The van der Waals surface area contributed by atoms with E-state index >= 15 is 0 Å². The van der Waals surface area contributed by atoms with Crippen molar-refractivity contribution in [3.63, 3.8) is 0 Å². The van der Waals surface area contributed by atoms with E-state index in [1.54, 1.807) is 30.3 Å². The number of carbonyl (C=O) groups excluding carboxylic acids is 2. The van der Waals surface area contributed by atoms with Gasteiger partial charge in [0.15, 0.2) is 11.5 Å². The van der Waals surface area contributed by atoms with Gasteiger partial charge in [-0.05, 0) is 60.2 Å². The van der Waals surface area contributed by atoms with Gasteiger partial charge in [-0.2, -0.15) is 0 Å². The number of pyridine rings is 1. The molecule has 2 aliphatic rings. The summed E-state index contributed by atoms with van der Waals surface area (Å²) >= 11 is 0. The SMILES string of the molecule is NS(=O)(=O)c1ccc(N2C(=O)C(=O)/C(=C(\O)c3ccc4c(c3)OCCO4)C2c2ccncc2)cc1. The zero-order valence-electron chi connectivity index (χ0n) is 18.1. The number of Topliss-reactive ketones (excluding diaryl/α,β-unsaturated/α-hetero) is 1. The summed E-state index contributed by atoms with van der Waals surface area (Å²) < 4.78 is 34.4. The standard InChI is InChI=1S/C24H19N3O7S/c25-35(31,32)17-4-2-16(3-5-17)27-21(14-7-9-26-10-8-14)20(23(29)24(27)30)22(28)15-1-6-18-19(13-15)34-12-11-33-18/h1-10,13,21,28H,11-12H2,(H2,25,31,32)/b22-20-. The highest BCUT2D eigenvalue weighted by Gasteiger charge is 2.47. The highest BCUT2D eigenvalue weighted by atomic mass is 32.2. The monoisotopic (exact) mass is 493 g/mol. The Morgan fingerprint density at radius 3 is 2.29 bits per heavy atom. The summed E-state index contributed by atoms with van der Waals surface area (Å²) in [5, 5.41) is 16.4. The summed E-state index contributed by atoms with van der Waals surface area (Å²) in [6.07, 6.45) is 3.01. The van der Waals surface area contributed by atoms with Crippen molar-refractivity contribution in [1.82, 2.24) is 4.98 Å². The predicted octanol–water partition coefficient (Wildman–Crippen LogP) is 2.13. The summed E-state index contributed by atoms with van der Waals surface area (Å²) in [6, 6.07) is 12.2. The number of aliphatic hydroxyl groups excluding tert-OH is 1. The molecule has 1 fully saturated rings. The second-order valence-electron chi connectivity index (χ2n) is 7.85. The third kappa shape index (κ3) is 4.00. The van der Waals surface area contributed by atoms with Gasteiger partial charge < -0.3 is 14.6 Å². The zero-order valence-corrected chi connectivity index (χ0v) is 18.9. The van der Waals surface area contributed by atoms with E-state index in [1.807, 2.05) is 0 Å². The number of benzene rings is 2. The van der Waals surface area contributed by atoms with E-state index in [1.165, 1.54) is 41.6 Å². The summed E-state index contributed by atoms with van der Waals surface area (Å²) in [4.78, 5) is 31.4. The molecule has 3 N–H and O–H groups in total. The zero-order chi connectivity index (χ0) is 24.7. The van der Waals surface area contributed by atoms with Crippen molar-refractivity contribution < 1.29 is 32.6 Å². The lowest BCUT2D eigenvalue weighted by atomic mass is 9.95. The number of nitrogens with zero attached hydrogens (tertiary/aromatic N) is 2. The third-order valence-electron chi connectivity index (χ3n) is 5.73. The first kappa shape index (κ1) is 22.6. The summed E-state index contributed by atoms with van der Waals surface area (Å²) in [5.74, 6) is -1.24. The Bertz CT molecular complexity index is 1470. The quantitative estimate of drug-likeness (QED) is 0.319. The fourth-order valence-electron chi connectivity index (χ4n) is 4.10. The first-order valence-corrected chi connectivity index (χ1v) is 12.0. The van der Waals surface area contributed by atoms with Gasteiger partial charge in [0, 0.05) is 23.6 Å². The minimum atomic E-state index is -3.95. The van der Waals surface area contributed by atoms with Gasteiger partial charge in [-0.1, -0.05) is 0 Å². The van der Waals surface area contributed by atoms with Gasteiger partial charge in [-0.15, -0.1) is 0 Å². The number of primary sulfonamides is 1. The average Bonchev–Trinajstić information content (AvgIpc) is 3.13. The minimum Gasteiger partial charge on any atom is -0.507 e. The van der Waals surface area contributed by atoms with Gasteiger partial charge in [0.05, 0.1) is 16.5 Å². The molecule has 1 aromatic heterocycles. The van der Waals surface area contributed by atoms with Crippen LogP contribution in [-0.2, 0) is 19.6 Å². The lowest BCUT2D eigenvalue weighted by Crippen LogP contribution is -2.29. The molecule has 1 atom stereocenters. The van der Waals surface area contributed by atoms with Crippen LogP contribution in [0.4, 0.5) is 5.69 Å². The molecule has 0 aliphatic carbocycles. The Morgan fingerprint density at radius 2 is 1.63 bits per heavy atom. The molecule has 1 saturated heterocycles. The van der Waals surface area contributed by atoms with E-state index < -0.39 is 27.8 Å². The number of ketones is 1. The molecule has 3 aromatic rings. The van der Waals surface area contributed by atoms with Crippen molar-refractivity contribution in [2.45, 2.75) is 10.9 Å². The van der Waals surface area contributed by atoms with Gasteiger partial charge in [-0.25, -0.2) is 13.6 Å². The Balaban J connectivity index is 1.66. The highest BCUT2D eigenvalue weighted by Crippen LogP contribution is 2.43. The maximum Gasteiger partial charge on any atom is 0.300 e. The number of fused-ring (bicyclic) bond motifs is 1.